The Morgan fingerprint density at radius 3 is 2.79 bits per heavy atom. The number of aromatic nitrogens is 4. The number of hydrogen-bond acceptors (Lipinski definition) is 4. The van der Waals surface area contributed by atoms with E-state index in [2.05, 4.69) is 25.5 Å². The third-order valence-electron chi connectivity index (χ3n) is 4.50. The zero-order valence-corrected chi connectivity index (χ0v) is 12.6. The second-order valence-electron chi connectivity index (χ2n) is 6.07. The van der Waals surface area contributed by atoms with Crippen LogP contribution in [-0.2, 0) is 11.6 Å². The number of nitrogens with zero attached hydrogens (tertiary/aromatic N) is 3. The van der Waals surface area contributed by atoms with Crippen molar-refractivity contribution in [2.24, 2.45) is 0 Å². The molecular weight excluding hydrogens is 319 g/mol. The molecule has 0 radical (unpaired) electrons. The van der Waals surface area contributed by atoms with Gasteiger partial charge < -0.3 is 5.32 Å². The molecule has 1 fully saturated rings. The number of nitrogens with one attached hydrogen (secondary N) is 2. The Morgan fingerprint density at radius 2 is 2.04 bits per heavy atom. The summed E-state index contributed by atoms with van der Waals surface area (Å²) in [5.41, 5.74) is 0.451. The molecule has 2 N–H and O–H groups in total. The predicted octanol–water partition coefficient (Wildman–Crippen LogP) is 3.52. The summed E-state index contributed by atoms with van der Waals surface area (Å²) < 4.78 is 38.8. The standard InChI is InChI=1S/C16H14F3N5/c17-16(18,19)11-3-1-2-10(6-11)15(4-5-15)8-20-13-12-7-23-24-14(12)22-9-21-13/h1-3,6-7,9H,4-5,8H2,(H2,20,21,22,23,24). The van der Waals surface area contributed by atoms with Crippen LogP contribution in [0.5, 0.6) is 0 Å². The third kappa shape index (κ3) is 2.57. The van der Waals surface area contributed by atoms with Crippen LogP contribution in [0.4, 0.5) is 19.0 Å². The Balaban J connectivity index is 1.58. The van der Waals surface area contributed by atoms with Gasteiger partial charge in [-0.15, -0.1) is 0 Å². The van der Waals surface area contributed by atoms with Crippen LogP contribution in [-0.4, -0.2) is 26.7 Å². The van der Waals surface area contributed by atoms with Gasteiger partial charge in [0.25, 0.3) is 0 Å². The average molecular weight is 333 g/mol. The van der Waals surface area contributed by atoms with E-state index in [1.165, 1.54) is 18.5 Å². The lowest BCUT2D eigenvalue weighted by molar-refractivity contribution is -0.137. The summed E-state index contributed by atoms with van der Waals surface area (Å²) in [6.45, 7) is 0.519. The Hall–Kier alpha value is -2.64. The third-order valence-corrected chi connectivity index (χ3v) is 4.50. The molecule has 2 heterocycles. The number of anilines is 1. The van der Waals surface area contributed by atoms with E-state index in [1.54, 1.807) is 12.3 Å². The largest absolute Gasteiger partial charge is 0.416 e. The first-order valence-corrected chi connectivity index (χ1v) is 7.54. The van der Waals surface area contributed by atoms with Crippen LogP contribution < -0.4 is 5.32 Å². The zero-order chi connectivity index (χ0) is 16.8. The molecule has 0 spiro atoms. The van der Waals surface area contributed by atoms with Gasteiger partial charge in [-0.1, -0.05) is 18.2 Å². The van der Waals surface area contributed by atoms with Crippen molar-refractivity contribution in [1.82, 2.24) is 20.2 Å². The van der Waals surface area contributed by atoms with Gasteiger partial charge in [-0.25, -0.2) is 9.97 Å². The molecule has 4 rings (SSSR count). The quantitative estimate of drug-likeness (QED) is 0.767. The van der Waals surface area contributed by atoms with Gasteiger partial charge in [0, 0.05) is 12.0 Å². The molecule has 5 nitrogen and oxygen atoms in total. The minimum atomic E-state index is -4.32. The number of halogens is 3. The highest BCUT2D eigenvalue weighted by Crippen LogP contribution is 2.49. The van der Waals surface area contributed by atoms with Gasteiger partial charge in [-0.3, -0.25) is 5.10 Å². The maximum Gasteiger partial charge on any atom is 0.416 e. The van der Waals surface area contributed by atoms with Gasteiger partial charge in [-0.05, 0) is 24.5 Å². The molecule has 1 aromatic carbocycles. The second-order valence-corrected chi connectivity index (χ2v) is 6.07. The molecule has 0 amide bonds. The Morgan fingerprint density at radius 1 is 1.21 bits per heavy atom. The minimum Gasteiger partial charge on any atom is -0.368 e. The lowest BCUT2D eigenvalue weighted by Crippen LogP contribution is -2.21. The van der Waals surface area contributed by atoms with Crippen molar-refractivity contribution in [2.45, 2.75) is 24.4 Å². The highest BCUT2D eigenvalue weighted by molar-refractivity contribution is 5.85. The summed E-state index contributed by atoms with van der Waals surface area (Å²) in [7, 11) is 0. The van der Waals surface area contributed by atoms with E-state index < -0.39 is 11.7 Å². The van der Waals surface area contributed by atoms with E-state index in [9.17, 15) is 13.2 Å². The number of aromatic amines is 1. The van der Waals surface area contributed by atoms with Crippen molar-refractivity contribution in [1.29, 1.82) is 0 Å². The highest BCUT2D eigenvalue weighted by Gasteiger charge is 2.45. The van der Waals surface area contributed by atoms with E-state index >= 15 is 0 Å². The maximum atomic E-state index is 12.9. The molecule has 0 unspecified atom stereocenters. The van der Waals surface area contributed by atoms with Crippen LogP contribution in [0.2, 0.25) is 0 Å². The van der Waals surface area contributed by atoms with Crippen LogP contribution >= 0.6 is 0 Å². The van der Waals surface area contributed by atoms with E-state index in [4.69, 9.17) is 0 Å². The van der Waals surface area contributed by atoms with Crippen molar-refractivity contribution in [3.05, 3.63) is 47.9 Å². The first-order valence-electron chi connectivity index (χ1n) is 7.54. The summed E-state index contributed by atoms with van der Waals surface area (Å²) in [5, 5.41) is 10.7. The van der Waals surface area contributed by atoms with Gasteiger partial charge in [0.1, 0.15) is 12.1 Å². The van der Waals surface area contributed by atoms with Gasteiger partial charge >= 0.3 is 6.18 Å². The molecule has 8 heteroatoms. The molecule has 1 saturated carbocycles. The molecule has 0 atom stereocenters. The summed E-state index contributed by atoms with van der Waals surface area (Å²) in [6.07, 6.45) is 0.422. The zero-order valence-electron chi connectivity index (χ0n) is 12.6. The first-order chi connectivity index (χ1) is 11.5. The fourth-order valence-corrected chi connectivity index (χ4v) is 2.90. The topological polar surface area (TPSA) is 66.5 Å². The van der Waals surface area contributed by atoms with Crippen molar-refractivity contribution < 1.29 is 13.2 Å². The van der Waals surface area contributed by atoms with E-state index in [1.807, 2.05) is 0 Å². The van der Waals surface area contributed by atoms with Crippen LogP contribution in [0, 0.1) is 0 Å². The van der Waals surface area contributed by atoms with Crippen molar-refractivity contribution in [3.63, 3.8) is 0 Å². The van der Waals surface area contributed by atoms with Crippen LogP contribution in [0.1, 0.15) is 24.0 Å². The smallest absolute Gasteiger partial charge is 0.368 e. The number of H-pyrrole nitrogens is 1. The van der Waals surface area contributed by atoms with Gasteiger partial charge in [-0.2, -0.15) is 18.3 Å². The monoisotopic (exact) mass is 333 g/mol. The van der Waals surface area contributed by atoms with E-state index in [0.717, 1.165) is 24.3 Å². The Kier molecular flexibility index (Phi) is 3.22. The number of fused-ring (bicyclic) bond motifs is 1. The lowest BCUT2D eigenvalue weighted by Gasteiger charge is -2.18. The summed E-state index contributed by atoms with van der Waals surface area (Å²) in [6, 6.07) is 5.59. The minimum absolute atomic E-state index is 0.276. The Bertz CT molecular complexity index is 883. The Labute approximate surface area is 135 Å². The first kappa shape index (κ1) is 14.9. The van der Waals surface area contributed by atoms with E-state index in [-0.39, 0.29) is 5.41 Å². The lowest BCUT2D eigenvalue weighted by atomic mass is 9.94. The molecule has 1 aliphatic rings. The highest BCUT2D eigenvalue weighted by atomic mass is 19.4. The molecule has 1 aliphatic carbocycles. The molecule has 2 aromatic heterocycles. The van der Waals surface area contributed by atoms with E-state index in [0.29, 0.717) is 23.6 Å². The van der Waals surface area contributed by atoms with Crippen molar-refractivity contribution >= 4 is 16.9 Å². The molecular formula is C16H14F3N5. The summed E-state index contributed by atoms with van der Waals surface area (Å²) in [5.74, 6) is 0.631. The number of rotatable bonds is 4. The maximum absolute atomic E-state index is 12.9. The van der Waals surface area contributed by atoms with Crippen LogP contribution in [0.25, 0.3) is 11.0 Å². The average Bonchev–Trinajstić information content (AvgIpc) is 3.20. The van der Waals surface area contributed by atoms with Crippen molar-refractivity contribution in [3.8, 4) is 0 Å². The fraction of sp³-hybridized carbons (Fsp3) is 0.312. The number of benzene rings is 1. The number of alkyl halides is 3. The molecule has 3 aromatic rings. The van der Waals surface area contributed by atoms with Crippen LogP contribution in [0.3, 0.4) is 0 Å². The number of hydrogen-bond donors (Lipinski definition) is 2. The molecule has 24 heavy (non-hydrogen) atoms. The van der Waals surface area contributed by atoms with Gasteiger partial charge in [0.05, 0.1) is 17.1 Å². The summed E-state index contributed by atoms with van der Waals surface area (Å²) >= 11 is 0. The SMILES string of the molecule is FC(F)(F)c1cccc(C2(CNc3ncnc4[nH]ncc34)CC2)c1. The second kappa shape index (κ2) is 5.19. The summed E-state index contributed by atoms with van der Waals surface area (Å²) in [4.78, 5) is 8.26. The van der Waals surface area contributed by atoms with Crippen LogP contribution in [0.15, 0.2) is 36.8 Å². The predicted molar refractivity (Wildman–Crippen MR) is 82.5 cm³/mol. The molecule has 0 saturated heterocycles. The fourth-order valence-electron chi connectivity index (χ4n) is 2.90. The normalized spacial score (nSPS) is 16.3. The molecule has 124 valence electrons. The van der Waals surface area contributed by atoms with Gasteiger partial charge in [0.15, 0.2) is 5.65 Å². The van der Waals surface area contributed by atoms with Crippen molar-refractivity contribution in [2.75, 3.05) is 11.9 Å². The molecule has 0 bridgehead atoms. The molecule has 0 aliphatic heterocycles. The van der Waals surface area contributed by atoms with Gasteiger partial charge in [0.2, 0.25) is 0 Å².